The van der Waals surface area contributed by atoms with E-state index in [1.54, 1.807) is 0 Å². The average molecular weight is 160 g/mol. The monoisotopic (exact) mass is 160 g/mol. The molecule has 0 fully saturated rings. The van der Waals surface area contributed by atoms with Crippen LogP contribution < -0.4 is 0 Å². The van der Waals surface area contributed by atoms with Gasteiger partial charge in [-0.15, -0.1) is 0 Å². The van der Waals surface area contributed by atoms with Crippen LogP contribution in [0.4, 0.5) is 0 Å². The molecule has 0 aliphatic carbocycles. The zero-order valence-electron chi connectivity index (χ0n) is 6.53. The van der Waals surface area contributed by atoms with Crippen molar-refractivity contribution in [3.8, 4) is 11.8 Å². The van der Waals surface area contributed by atoms with Crippen LogP contribution in [0.5, 0.6) is 0 Å². The van der Waals surface area contributed by atoms with E-state index in [1.165, 1.54) is 13.8 Å². The Morgan fingerprint density at radius 3 is 2.00 bits per heavy atom. The van der Waals surface area contributed by atoms with Gasteiger partial charge >= 0.3 is 5.97 Å². The molecule has 0 saturated carbocycles. The van der Waals surface area contributed by atoms with E-state index in [-0.39, 0.29) is 6.61 Å². The fourth-order valence-electron chi connectivity index (χ4n) is 0.107. The number of aliphatic hydroxyl groups excluding tert-OH is 2. The molecule has 4 nitrogen and oxygen atoms in total. The second-order valence-corrected chi connectivity index (χ2v) is 1.71. The molecule has 0 aromatic rings. The first-order valence-electron chi connectivity index (χ1n) is 2.99. The minimum absolute atomic E-state index is 0.139. The highest BCUT2D eigenvalue weighted by molar-refractivity contribution is 5.86. The van der Waals surface area contributed by atoms with Crippen molar-refractivity contribution in [2.24, 2.45) is 0 Å². The molecule has 1 atom stereocenters. The van der Waals surface area contributed by atoms with E-state index in [2.05, 4.69) is 5.92 Å². The molecule has 0 rings (SSSR count). The van der Waals surface area contributed by atoms with Crippen molar-refractivity contribution < 1.29 is 20.1 Å². The lowest BCUT2D eigenvalue weighted by Gasteiger charge is -1.90. The first-order chi connectivity index (χ1) is 5.04. The van der Waals surface area contributed by atoms with Crippen molar-refractivity contribution in [1.29, 1.82) is 0 Å². The summed E-state index contributed by atoms with van der Waals surface area (Å²) in [5.41, 5.74) is 0. The Morgan fingerprint density at radius 2 is 2.00 bits per heavy atom. The fraction of sp³-hybridized carbons (Fsp3) is 0.571. The average Bonchev–Trinajstić information content (AvgIpc) is 1.89. The molecule has 64 valence electrons. The van der Waals surface area contributed by atoms with Gasteiger partial charge in [-0.2, -0.15) is 0 Å². The van der Waals surface area contributed by atoms with E-state index in [4.69, 9.17) is 15.3 Å². The van der Waals surface area contributed by atoms with Crippen molar-refractivity contribution in [2.45, 2.75) is 20.0 Å². The fourth-order valence-corrected chi connectivity index (χ4v) is 0.107. The number of hydrogen-bond donors (Lipinski definition) is 3. The lowest BCUT2D eigenvalue weighted by Crippen LogP contribution is -2.03. The van der Waals surface area contributed by atoms with Crippen molar-refractivity contribution >= 4 is 5.97 Å². The van der Waals surface area contributed by atoms with Gasteiger partial charge in [0.15, 0.2) is 0 Å². The molecule has 11 heavy (non-hydrogen) atoms. The molecular formula is C7H12O4. The van der Waals surface area contributed by atoms with Crippen molar-refractivity contribution in [1.82, 2.24) is 0 Å². The van der Waals surface area contributed by atoms with Crippen molar-refractivity contribution in [3.05, 3.63) is 0 Å². The number of rotatable bonds is 1. The minimum atomic E-state index is -1.07. The molecule has 0 heterocycles. The van der Waals surface area contributed by atoms with Gasteiger partial charge in [0.1, 0.15) is 0 Å². The third-order valence-electron chi connectivity index (χ3n) is 0.496. The third-order valence-corrected chi connectivity index (χ3v) is 0.496. The van der Waals surface area contributed by atoms with Crippen molar-refractivity contribution in [3.63, 3.8) is 0 Å². The van der Waals surface area contributed by atoms with Gasteiger partial charge in [0.2, 0.25) is 0 Å². The Balaban J connectivity index is 0. The summed E-state index contributed by atoms with van der Waals surface area (Å²) < 4.78 is 0. The standard InChI is InChI=1S/C4H4O2.C3H8O2/c1-2-3-4(5)6;1-3(5)2-4/h1H3,(H,5,6);3-5H,2H2,1H3. The van der Waals surface area contributed by atoms with Crippen LogP contribution in [0, 0.1) is 11.8 Å². The molecule has 0 aliphatic heterocycles. The van der Waals surface area contributed by atoms with E-state index in [0.717, 1.165) is 0 Å². The molecule has 3 N–H and O–H groups in total. The minimum Gasteiger partial charge on any atom is -0.472 e. The van der Waals surface area contributed by atoms with Crippen LogP contribution in [0.25, 0.3) is 0 Å². The number of carbonyl (C=O) groups is 1. The summed E-state index contributed by atoms with van der Waals surface area (Å²) in [6.45, 7) is 2.87. The van der Waals surface area contributed by atoms with Crippen LogP contribution >= 0.6 is 0 Å². The lowest BCUT2D eigenvalue weighted by atomic mass is 10.5. The van der Waals surface area contributed by atoms with E-state index in [9.17, 15) is 4.79 Å². The second kappa shape index (κ2) is 8.95. The number of aliphatic carboxylic acids is 1. The summed E-state index contributed by atoms with van der Waals surface area (Å²) in [4.78, 5) is 9.43. The highest BCUT2D eigenvalue weighted by Crippen LogP contribution is 1.68. The van der Waals surface area contributed by atoms with E-state index >= 15 is 0 Å². The molecule has 0 spiro atoms. The smallest absolute Gasteiger partial charge is 0.381 e. The quantitative estimate of drug-likeness (QED) is 0.450. The Hall–Kier alpha value is -1.05. The lowest BCUT2D eigenvalue weighted by molar-refractivity contribution is -0.130. The van der Waals surface area contributed by atoms with Gasteiger partial charge in [0.25, 0.3) is 0 Å². The molecule has 0 aromatic carbocycles. The van der Waals surface area contributed by atoms with Gasteiger partial charge < -0.3 is 15.3 Å². The number of hydrogen-bond acceptors (Lipinski definition) is 3. The number of aliphatic hydroxyl groups is 2. The zero-order chi connectivity index (χ0) is 9.28. The van der Waals surface area contributed by atoms with E-state index < -0.39 is 12.1 Å². The maximum Gasteiger partial charge on any atom is 0.381 e. The zero-order valence-corrected chi connectivity index (χ0v) is 6.53. The molecule has 0 radical (unpaired) electrons. The van der Waals surface area contributed by atoms with Gasteiger partial charge in [-0.05, 0) is 13.8 Å². The molecule has 0 amide bonds. The number of carboxylic acid groups (broad SMARTS) is 1. The first-order valence-corrected chi connectivity index (χ1v) is 2.99. The molecular weight excluding hydrogens is 148 g/mol. The Bertz CT molecular complexity index is 152. The summed E-state index contributed by atoms with van der Waals surface area (Å²) >= 11 is 0. The van der Waals surface area contributed by atoms with E-state index in [0.29, 0.717) is 0 Å². The third kappa shape index (κ3) is 27.7. The summed E-state index contributed by atoms with van der Waals surface area (Å²) in [6, 6.07) is 0. The van der Waals surface area contributed by atoms with Crippen LogP contribution in [-0.2, 0) is 4.79 Å². The predicted molar refractivity (Wildman–Crippen MR) is 39.9 cm³/mol. The molecule has 0 aromatic heterocycles. The molecule has 1 unspecified atom stereocenters. The van der Waals surface area contributed by atoms with Crippen molar-refractivity contribution in [2.75, 3.05) is 6.61 Å². The molecule has 0 aliphatic rings. The maximum absolute atomic E-state index is 9.43. The SMILES string of the molecule is CC#CC(=O)O.CC(O)CO. The van der Waals surface area contributed by atoms with Gasteiger partial charge in [-0.3, -0.25) is 0 Å². The highest BCUT2D eigenvalue weighted by Gasteiger charge is 1.83. The van der Waals surface area contributed by atoms with Crippen LogP contribution in [-0.4, -0.2) is 34.0 Å². The van der Waals surface area contributed by atoms with Gasteiger partial charge in [-0.25, -0.2) is 4.79 Å². The molecule has 0 saturated heterocycles. The Labute approximate surface area is 65.5 Å². The van der Waals surface area contributed by atoms with Crippen LogP contribution in [0.1, 0.15) is 13.8 Å². The van der Waals surface area contributed by atoms with Crippen LogP contribution in [0.3, 0.4) is 0 Å². The summed E-state index contributed by atoms with van der Waals surface area (Å²) in [5, 5.41) is 23.7. The maximum atomic E-state index is 9.43. The second-order valence-electron chi connectivity index (χ2n) is 1.71. The normalized spacial score (nSPS) is 9.82. The number of carboxylic acids is 1. The largest absolute Gasteiger partial charge is 0.472 e. The molecule has 4 heteroatoms. The van der Waals surface area contributed by atoms with E-state index in [1.807, 2.05) is 5.92 Å². The van der Waals surface area contributed by atoms with Gasteiger partial charge in [0, 0.05) is 5.92 Å². The van der Waals surface area contributed by atoms with Crippen LogP contribution in [0.2, 0.25) is 0 Å². The molecule has 0 bridgehead atoms. The van der Waals surface area contributed by atoms with Gasteiger partial charge in [0.05, 0.1) is 12.7 Å². The topological polar surface area (TPSA) is 77.8 Å². The Kier molecular flexibility index (Phi) is 10.3. The van der Waals surface area contributed by atoms with Crippen LogP contribution in [0.15, 0.2) is 0 Å². The highest BCUT2D eigenvalue weighted by atomic mass is 16.4. The summed E-state index contributed by atoms with van der Waals surface area (Å²) in [5.74, 6) is 3.02. The first kappa shape index (κ1) is 12.6. The summed E-state index contributed by atoms with van der Waals surface area (Å²) in [7, 11) is 0. The Morgan fingerprint density at radius 1 is 1.64 bits per heavy atom. The predicted octanol–water partition coefficient (Wildman–Crippen LogP) is -0.546. The van der Waals surface area contributed by atoms with Gasteiger partial charge in [-0.1, -0.05) is 5.92 Å². The summed E-state index contributed by atoms with van der Waals surface area (Å²) in [6.07, 6.45) is -0.560.